The molecule has 8 heteroatoms. The van der Waals surface area contributed by atoms with Gasteiger partial charge in [0.1, 0.15) is 17.2 Å². The van der Waals surface area contributed by atoms with Crippen molar-refractivity contribution in [2.75, 3.05) is 0 Å². The van der Waals surface area contributed by atoms with Crippen LogP contribution in [0.25, 0.3) is 22.2 Å². The highest BCUT2D eigenvalue weighted by atomic mass is 35.5. The zero-order valence-electron chi connectivity index (χ0n) is 21.1. The van der Waals surface area contributed by atoms with Crippen LogP contribution in [0.2, 0.25) is 5.02 Å². The number of aromatic nitrogens is 4. The fourth-order valence-corrected chi connectivity index (χ4v) is 5.69. The Morgan fingerprint density at radius 1 is 1.17 bits per heavy atom. The lowest BCUT2D eigenvalue weighted by molar-refractivity contribution is 0.107. The Bertz CT molecular complexity index is 1390. The molecule has 0 radical (unpaired) electrons. The normalized spacial score (nSPS) is 19.2. The van der Waals surface area contributed by atoms with Crippen LogP contribution in [-0.4, -0.2) is 37.1 Å². The number of pyridine rings is 1. The number of H-pyrrole nitrogens is 1. The number of benzene rings is 1. The first-order valence-electron chi connectivity index (χ1n) is 12.6. The summed E-state index contributed by atoms with van der Waals surface area (Å²) in [6.07, 6.45) is 8.87. The van der Waals surface area contributed by atoms with Crippen molar-refractivity contribution in [2.24, 2.45) is 0 Å². The van der Waals surface area contributed by atoms with Crippen LogP contribution in [0.3, 0.4) is 0 Å². The van der Waals surface area contributed by atoms with Crippen LogP contribution in [0, 0.1) is 12.7 Å². The fourth-order valence-electron chi connectivity index (χ4n) is 5.37. The first-order chi connectivity index (χ1) is 17.2. The highest BCUT2D eigenvalue weighted by Gasteiger charge is 2.26. The molecule has 6 nitrogen and oxygen atoms in total. The molecule has 1 unspecified atom stereocenters. The number of aliphatic hydroxyl groups is 1. The van der Waals surface area contributed by atoms with Crippen LogP contribution in [0.15, 0.2) is 36.8 Å². The Morgan fingerprint density at radius 2 is 1.92 bits per heavy atom. The SMILES string of the molecule is Cc1c(-c2cnc3[nH]cc(C(C)c4c(OC(C)C)ccc(F)c4Cl)c3c2)cnn1C1CCC(O)CC1. The van der Waals surface area contributed by atoms with Crippen LogP contribution < -0.4 is 4.74 Å². The average molecular weight is 511 g/mol. The lowest BCUT2D eigenvalue weighted by Crippen LogP contribution is -2.22. The topological polar surface area (TPSA) is 76.0 Å². The van der Waals surface area contributed by atoms with Crippen LogP contribution in [-0.2, 0) is 0 Å². The van der Waals surface area contributed by atoms with E-state index in [9.17, 15) is 9.50 Å². The van der Waals surface area contributed by atoms with E-state index >= 15 is 0 Å². The van der Waals surface area contributed by atoms with Gasteiger partial charge in [-0.05, 0) is 70.2 Å². The maximum Gasteiger partial charge on any atom is 0.142 e. The standard InChI is InChI=1S/C28H32ClFN4O2/c1-15(2)36-25-10-9-24(30)27(29)26(25)16(3)22-13-32-28-21(22)11-18(12-31-28)23-14-33-34(17(23)4)19-5-7-20(35)8-6-19/h9-16,19-20,35H,5-8H2,1-4H3,(H,31,32). The molecular weight excluding hydrogens is 479 g/mol. The number of aliphatic hydroxyl groups excluding tert-OH is 1. The third-order valence-electron chi connectivity index (χ3n) is 7.29. The first kappa shape index (κ1) is 24.8. The van der Waals surface area contributed by atoms with Gasteiger partial charge < -0.3 is 14.8 Å². The molecule has 4 aromatic rings. The monoisotopic (exact) mass is 510 g/mol. The molecule has 3 heterocycles. The molecule has 3 aromatic heterocycles. The summed E-state index contributed by atoms with van der Waals surface area (Å²) in [5, 5.41) is 15.6. The van der Waals surface area contributed by atoms with E-state index in [0.29, 0.717) is 17.4 Å². The van der Waals surface area contributed by atoms with Crippen molar-refractivity contribution >= 4 is 22.6 Å². The van der Waals surface area contributed by atoms with Gasteiger partial charge in [0.2, 0.25) is 0 Å². The first-order valence-corrected chi connectivity index (χ1v) is 13.0. The van der Waals surface area contributed by atoms with Crippen molar-refractivity contribution < 1.29 is 14.2 Å². The number of fused-ring (bicyclic) bond motifs is 1. The van der Waals surface area contributed by atoms with Crippen molar-refractivity contribution in [3.63, 3.8) is 0 Å². The highest BCUT2D eigenvalue weighted by Crippen LogP contribution is 2.41. The van der Waals surface area contributed by atoms with Gasteiger partial charge in [0.25, 0.3) is 0 Å². The maximum atomic E-state index is 14.5. The van der Waals surface area contributed by atoms with Crippen LogP contribution in [0.4, 0.5) is 4.39 Å². The van der Waals surface area contributed by atoms with E-state index in [0.717, 1.165) is 59.1 Å². The predicted molar refractivity (Wildman–Crippen MR) is 140 cm³/mol. The largest absolute Gasteiger partial charge is 0.491 e. The Hall–Kier alpha value is -2.90. The highest BCUT2D eigenvalue weighted by molar-refractivity contribution is 6.31. The molecule has 190 valence electrons. The second-order valence-corrected chi connectivity index (χ2v) is 10.5. The van der Waals surface area contributed by atoms with E-state index in [2.05, 4.69) is 27.6 Å². The smallest absolute Gasteiger partial charge is 0.142 e. The van der Waals surface area contributed by atoms with Gasteiger partial charge in [0.15, 0.2) is 0 Å². The number of halogens is 2. The summed E-state index contributed by atoms with van der Waals surface area (Å²) in [5.41, 5.74) is 5.43. The van der Waals surface area contributed by atoms with Crippen LogP contribution in [0.5, 0.6) is 5.75 Å². The number of hydrogen-bond acceptors (Lipinski definition) is 4. The molecule has 1 aliphatic carbocycles. The zero-order valence-corrected chi connectivity index (χ0v) is 21.8. The van der Waals surface area contributed by atoms with E-state index in [1.54, 1.807) is 6.07 Å². The minimum absolute atomic E-state index is 0.0688. The van der Waals surface area contributed by atoms with Gasteiger partial charge in [0.05, 0.1) is 29.5 Å². The molecule has 2 N–H and O–H groups in total. The predicted octanol–water partition coefficient (Wildman–Crippen LogP) is 6.94. The molecule has 0 amide bonds. The van der Waals surface area contributed by atoms with Crippen LogP contribution in [0.1, 0.15) is 75.2 Å². The van der Waals surface area contributed by atoms with Gasteiger partial charge >= 0.3 is 0 Å². The van der Waals surface area contributed by atoms with Gasteiger partial charge in [-0.25, -0.2) is 9.37 Å². The molecule has 36 heavy (non-hydrogen) atoms. The number of hydrogen-bond donors (Lipinski definition) is 2. The summed E-state index contributed by atoms with van der Waals surface area (Å²) in [6.45, 7) is 7.96. The van der Waals surface area contributed by atoms with Gasteiger partial charge in [-0.3, -0.25) is 4.68 Å². The molecule has 0 spiro atoms. The van der Waals surface area contributed by atoms with Crippen molar-refractivity contribution in [3.05, 3.63) is 64.5 Å². The minimum atomic E-state index is -0.466. The Morgan fingerprint density at radius 3 is 2.64 bits per heavy atom. The summed E-state index contributed by atoms with van der Waals surface area (Å²) >= 11 is 6.47. The lowest BCUT2D eigenvalue weighted by Gasteiger charge is -2.26. The molecule has 5 rings (SSSR count). The van der Waals surface area contributed by atoms with Gasteiger partial charge in [0, 0.05) is 46.1 Å². The summed E-state index contributed by atoms with van der Waals surface area (Å²) < 4.78 is 22.6. The number of nitrogens with one attached hydrogen (secondary N) is 1. The maximum absolute atomic E-state index is 14.5. The third-order valence-corrected chi connectivity index (χ3v) is 7.67. The molecule has 1 fully saturated rings. The summed E-state index contributed by atoms with van der Waals surface area (Å²) in [6, 6.07) is 5.41. The lowest BCUT2D eigenvalue weighted by atomic mass is 9.91. The summed E-state index contributed by atoms with van der Waals surface area (Å²) in [7, 11) is 0. The molecule has 1 aliphatic rings. The van der Waals surface area contributed by atoms with E-state index in [1.165, 1.54) is 6.07 Å². The van der Waals surface area contributed by atoms with E-state index in [-0.39, 0.29) is 23.1 Å². The molecular formula is C28H32ClFN4O2. The fraction of sp³-hybridized carbons (Fsp3) is 0.429. The minimum Gasteiger partial charge on any atom is -0.491 e. The quantitative estimate of drug-likeness (QED) is 0.294. The second kappa shape index (κ2) is 9.87. The number of nitrogens with zero attached hydrogens (tertiary/aromatic N) is 3. The average Bonchev–Trinajstić information content (AvgIpc) is 3.44. The van der Waals surface area contributed by atoms with E-state index in [4.69, 9.17) is 21.4 Å². The molecule has 1 aromatic carbocycles. The number of aromatic amines is 1. The van der Waals surface area contributed by atoms with Gasteiger partial charge in [-0.1, -0.05) is 18.5 Å². The second-order valence-electron chi connectivity index (χ2n) is 10.1. The molecule has 0 bridgehead atoms. The van der Waals surface area contributed by atoms with Crippen molar-refractivity contribution in [1.29, 1.82) is 0 Å². The Kier molecular flexibility index (Phi) is 6.79. The van der Waals surface area contributed by atoms with Crippen molar-refractivity contribution in [1.82, 2.24) is 19.7 Å². The van der Waals surface area contributed by atoms with Crippen molar-refractivity contribution in [3.8, 4) is 16.9 Å². The van der Waals surface area contributed by atoms with Gasteiger partial charge in [-0.15, -0.1) is 0 Å². The molecule has 0 saturated heterocycles. The summed E-state index contributed by atoms with van der Waals surface area (Å²) in [5.74, 6) is -0.117. The van der Waals surface area contributed by atoms with E-state index < -0.39 is 5.82 Å². The van der Waals surface area contributed by atoms with Crippen LogP contribution >= 0.6 is 11.6 Å². The van der Waals surface area contributed by atoms with E-state index in [1.807, 2.05) is 39.4 Å². The van der Waals surface area contributed by atoms with Gasteiger partial charge in [-0.2, -0.15) is 5.10 Å². The zero-order chi connectivity index (χ0) is 25.6. The molecule has 1 atom stereocenters. The molecule has 0 aliphatic heterocycles. The number of ether oxygens (including phenoxy) is 1. The Balaban J connectivity index is 1.53. The summed E-state index contributed by atoms with van der Waals surface area (Å²) in [4.78, 5) is 7.93. The molecule has 1 saturated carbocycles. The Labute approximate surface area is 215 Å². The number of rotatable bonds is 6. The van der Waals surface area contributed by atoms with Crippen molar-refractivity contribution in [2.45, 2.75) is 77.5 Å². The third kappa shape index (κ3) is 4.50.